The third kappa shape index (κ3) is 5.65. The number of phenolic OH excluding ortho intramolecular Hbond substituents is 1. The summed E-state index contributed by atoms with van der Waals surface area (Å²) < 4.78 is 5.08. The van der Waals surface area contributed by atoms with Gasteiger partial charge in [0.2, 0.25) is 0 Å². The van der Waals surface area contributed by atoms with Crippen LogP contribution in [-0.4, -0.2) is 30.8 Å². The Morgan fingerprint density at radius 3 is 2.83 bits per heavy atom. The first kappa shape index (κ1) is 15.2. The van der Waals surface area contributed by atoms with Crippen molar-refractivity contribution in [3.8, 4) is 11.5 Å². The van der Waals surface area contributed by atoms with Gasteiger partial charge in [0.15, 0.2) is 11.5 Å². The van der Waals surface area contributed by atoms with Crippen molar-refractivity contribution < 1.29 is 9.84 Å². The summed E-state index contributed by atoms with van der Waals surface area (Å²) in [6.45, 7) is 1.86. The van der Waals surface area contributed by atoms with Crippen LogP contribution < -0.4 is 10.1 Å². The first-order valence-corrected chi connectivity index (χ1v) is 7.73. The van der Waals surface area contributed by atoms with Gasteiger partial charge in [-0.05, 0) is 49.1 Å². The highest BCUT2D eigenvalue weighted by Gasteiger charge is 2.01. The Balaban J connectivity index is 2.19. The lowest BCUT2D eigenvalue weighted by atomic mass is 10.2. The van der Waals surface area contributed by atoms with E-state index < -0.39 is 0 Å². The molecule has 0 amide bonds. The molecule has 18 heavy (non-hydrogen) atoms. The first-order valence-electron chi connectivity index (χ1n) is 6.33. The second-order valence-electron chi connectivity index (χ2n) is 4.24. The SMILES string of the molecule is COc1cc(CNCCCCCSC)ccc1O. The number of thioether (sulfide) groups is 1. The van der Waals surface area contributed by atoms with Gasteiger partial charge in [-0.2, -0.15) is 11.8 Å². The Hall–Kier alpha value is -0.870. The van der Waals surface area contributed by atoms with Gasteiger partial charge in [0.25, 0.3) is 0 Å². The van der Waals surface area contributed by atoms with Gasteiger partial charge in [-0.25, -0.2) is 0 Å². The van der Waals surface area contributed by atoms with Crippen molar-refractivity contribution in [3.63, 3.8) is 0 Å². The number of unbranched alkanes of at least 4 members (excludes halogenated alkanes) is 2. The van der Waals surface area contributed by atoms with Crippen LogP contribution in [0.3, 0.4) is 0 Å². The Bertz CT molecular complexity index is 345. The molecule has 2 N–H and O–H groups in total. The molecule has 1 aromatic carbocycles. The van der Waals surface area contributed by atoms with E-state index in [9.17, 15) is 5.11 Å². The Kier molecular flexibility index (Phi) is 7.69. The molecule has 0 aromatic heterocycles. The summed E-state index contributed by atoms with van der Waals surface area (Å²) in [7, 11) is 1.57. The van der Waals surface area contributed by atoms with Gasteiger partial charge in [-0.15, -0.1) is 0 Å². The van der Waals surface area contributed by atoms with E-state index in [1.54, 1.807) is 13.2 Å². The van der Waals surface area contributed by atoms with Gasteiger partial charge in [0.1, 0.15) is 0 Å². The quantitative estimate of drug-likeness (QED) is 0.676. The minimum absolute atomic E-state index is 0.193. The van der Waals surface area contributed by atoms with Crippen LogP contribution in [0.5, 0.6) is 11.5 Å². The number of hydrogen-bond donors (Lipinski definition) is 2. The summed E-state index contributed by atoms with van der Waals surface area (Å²) in [6.07, 6.45) is 5.95. The standard InChI is InChI=1S/C14H23NO2S/c1-17-14-10-12(6-7-13(14)16)11-15-8-4-3-5-9-18-2/h6-7,10,15-16H,3-5,8-9,11H2,1-2H3. The number of rotatable bonds is 9. The molecule has 0 aliphatic carbocycles. The van der Waals surface area contributed by atoms with Gasteiger partial charge in [0, 0.05) is 6.54 Å². The summed E-state index contributed by atoms with van der Waals surface area (Å²) >= 11 is 1.91. The van der Waals surface area contributed by atoms with E-state index in [0.29, 0.717) is 5.75 Å². The molecule has 4 heteroatoms. The van der Waals surface area contributed by atoms with Crippen molar-refractivity contribution >= 4 is 11.8 Å². The number of aromatic hydroxyl groups is 1. The molecule has 0 atom stereocenters. The maximum atomic E-state index is 9.48. The Morgan fingerprint density at radius 2 is 2.11 bits per heavy atom. The molecule has 1 aromatic rings. The number of benzene rings is 1. The molecule has 0 spiro atoms. The van der Waals surface area contributed by atoms with Crippen molar-refractivity contribution in [2.45, 2.75) is 25.8 Å². The minimum Gasteiger partial charge on any atom is -0.504 e. The average Bonchev–Trinajstić information content (AvgIpc) is 2.39. The zero-order chi connectivity index (χ0) is 13.2. The summed E-state index contributed by atoms with van der Waals surface area (Å²) in [4.78, 5) is 0. The van der Waals surface area contributed by atoms with Crippen LogP contribution in [0.15, 0.2) is 18.2 Å². The Morgan fingerprint density at radius 1 is 1.28 bits per heavy atom. The van der Waals surface area contributed by atoms with E-state index in [1.807, 2.05) is 23.9 Å². The number of methoxy groups -OCH3 is 1. The van der Waals surface area contributed by atoms with Crippen LogP contribution >= 0.6 is 11.8 Å². The molecular weight excluding hydrogens is 246 g/mol. The minimum atomic E-state index is 0.193. The maximum Gasteiger partial charge on any atom is 0.160 e. The highest BCUT2D eigenvalue weighted by atomic mass is 32.2. The molecule has 0 heterocycles. The van der Waals surface area contributed by atoms with E-state index in [2.05, 4.69) is 11.6 Å². The van der Waals surface area contributed by atoms with Crippen LogP contribution in [0.4, 0.5) is 0 Å². The van der Waals surface area contributed by atoms with E-state index >= 15 is 0 Å². The number of ether oxygens (including phenoxy) is 1. The number of phenols is 1. The number of hydrogen-bond acceptors (Lipinski definition) is 4. The van der Waals surface area contributed by atoms with Crippen LogP contribution in [-0.2, 0) is 6.54 Å². The van der Waals surface area contributed by atoms with E-state index in [4.69, 9.17) is 4.74 Å². The van der Waals surface area contributed by atoms with Crippen LogP contribution in [0.1, 0.15) is 24.8 Å². The molecule has 3 nitrogen and oxygen atoms in total. The second kappa shape index (κ2) is 9.11. The van der Waals surface area contributed by atoms with Gasteiger partial charge < -0.3 is 15.2 Å². The smallest absolute Gasteiger partial charge is 0.160 e. The summed E-state index contributed by atoms with van der Waals surface area (Å²) in [6, 6.07) is 5.46. The van der Waals surface area contributed by atoms with Gasteiger partial charge in [0.05, 0.1) is 7.11 Å². The summed E-state index contributed by atoms with van der Waals surface area (Å²) in [5.74, 6) is 1.99. The molecule has 0 radical (unpaired) electrons. The van der Waals surface area contributed by atoms with Gasteiger partial charge >= 0.3 is 0 Å². The fraction of sp³-hybridized carbons (Fsp3) is 0.571. The van der Waals surface area contributed by atoms with Crippen molar-refractivity contribution in [2.24, 2.45) is 0 Å². The molecule has 0 saturated carbocycles. The van der Waals surface area contributed by atoms with Crippen molar-refractivity contribution in [1.82, 2.24) is 5.32 Å². The summed E-state index contributed by atoms with van der Waals surface area (Å²) in [5, 5.41) is 12.9. The lowest BCUT2D eigenvalue weighted by molar-refractivity contribution is 0.372. The average molecular weight is 269 g/mol. The zero-order valence-electron chi connectivity index (χ0n) is 11.2. The first-order chi connectivity index (χ1) is 8.77. The predicted octanol–water partition coefficient (Wildman–Crippen LogP) is 3.02. The predicted molar refractivity (Wildman–Crippen MR) is 78.6 cm³/mol. The fourth-order valence-electron chi connectivity index (χ4n) is 1.74. The van der Waals surface area contributed by atoms with E-state index in [1.165, 1.54) is 25.0 Å². The Labute approximate surface area is 114 Å². The van der Waals surface area contributed by atoms with E-state index in [-0.39, 0.29) is 5.75 Å². The van der Waals surface area contributed by atoms with Gasteiger partial charge in [-0.3, -0.25) is 0 Å². The lowest BCUT2D eigenvalue weighted by Crippen LogP contribution is -2.14. The monoisotopic (exact) mass is 269 g/mol. The molecule has 0 fully saturated rings. The maximum absolute atomic E-state index is 9.48. The third-order valence-corrected chi connectivity index (χ3v) is 3.47. The zero-order valence-corrected chi connectivity index (χ0v) is 12.1. The van der Waals surface area contributed by atoms with Gasteiger partial charge in [-0.1, -0.05) is 12.5 Å². The normalized spacial score (nSPS) is 10.6. The van der Waals surface area contributed by atoms with Crippen molar-refractivity contribution in [2.75, 3.05) is 25.7 Å². The molecule has 0 aliphatic rings. The van der Waals surface area contributed by atoms with E-state index in [0.717, 1.165) is 18.7 Å². The van der Waals surface area contributed by atoms with Crippen LogP contribution in [0.2, 0.25) is 0 Å². The summed E-state index contributed by atoms with van der Waals surface area (Å²) in [5.41, 5.74) is 1.13. The number of nitrogens with one attached hydrogen (secondary N) is 1. The fourth-order valence-corrected chi connectivity index (χ4v) is 2.23. The van der Waals surface area contributed by atoms with Crippen molar-refractivity contribution in [3.05, 3.63) is 23.8 Å². The topological polar surface area (TPSA) is 41.5 Å². The van der Waals surface area contributed by atoms with Crippen LogP contribution in [0.25, 0.3) is 0 Å². The molecule has 0 unspecified atom stereocenters. The molecule has 102 valence electrons. The molecule has 0 bridgehead atoms. The molecule has 1 rings (SSSR count). The largest absolute Gasteiger partial charge is 0.504 e. The van der Waals surface area contributed by atoms with Crippen molar-refractivity contribution in [1.29, 1.82) is 0 Å². The molecule has 0 saturated heterocycles. The molecule has 0 aliphatic heterocycles. The highest BCUT2D eigenvalue weighted by Crippen LogP contribution is 2.26. The molecular formula is C14H23NO2S. The van der Waals surface area contributed by atoms with Crippen LogP contribution in [0, 0.1) is 0 Å². The highest BCUT2D eigenvalue weighted by molar-refractivity contribution is 7.98. The lowest BCUT2D eigenvalue weighted by Gasteiger charge is -2.08. The second-order valence-corrected chi connectivity index (χ2v) is 5.22. The third-order valence-electron chi connectivity index (χ3n) is 2.78.